The van der Waals surface area contributed by atoms with Crippen LogP contribution < -0.4 is 20.1 Å². The Hall–Kier alpha value is -1.79. The fourth-order valence-electron chi connectivity index (χ4n) is 4.08. The molecule has 2 aliphatic rings. The highest BCUT2D eigenvalue weighted by Gasteiger charge is 2.35. The molecule has 26 heavy (non-hydrogen) atoms. The highest BCUT2D eigenvalue weighted by atomic mass is 16.5. The predicted molar refractivity (Wildman–Crippen MR) is 99.9 cm³/mol. The Bertz CT molecular complexity index is 608. The topological polar surface area (TPSA) is 68.8 Å². The first-order valence-corrected chi connectivity index (χ1v) is 9.50. The molecule has 6 heteroatoms. The molecule has 1 atom stereocenters. The Morgan fingerprint density at radius 2 is 2.00 bits per heavy atom. The van der Waals surface area contributed by atoms with Crippen LogP contribution in [0.5, 0.6) is 11.5 Å². The van der Waals surface area contributed by atoms with Crippen molar-refractivity contribution < 1.29 is 19.0 Å². The van der Waals surface area contributed by atoms with E-state index in [9.17, 15) is 4.79 Å². The van der Waals surface area contributed by atoms with Gasteiger partial charge < -0.3 is 24.8 Å². The van der Waals surface area contributed by atoms with Crippen LogP contribution >= 0.6 is 0 Å². The molecular weight excluding hydrogens is 332 g/mol. The fraction of sp³-hybridized carbons (Fsp3) is 0.650. The van der Waals surface area contributed by atoms with E-state index in [-0.39, 0.29) is 17.4 Å². The molecule has 1 aromatic carbocycles. The van der Waals surface area contributed by atoms with E-state index in [0.29, 0.717) is 19.8 Å². The summed E-state index contributed by atoms with van der Waals surface area (Å²) in [5.74, 6) is 1.49. The summed E-state index contributed by atoms with van der Waals surface area (Å²) in [4.78, 5) is 12.5. The molecule has 6 nitrogen and oxygen atoms in total. The lowest BCUT2D eigenvalue weighted by Crippen LogP contribution is -2.53. The van der Waals surface area contributed by atoms with E-state index in [4.69, 9.17) is 14.2 Å². The first kappa shape index (κ1) is 19.0. The van der Waals surface area contributed by atoms with E-state index >= 15 is 0 Å². The van der Waals surface area contributed by atoms with Crippen LogP contribution in [0.3, 0.4) is 0 Å². The monoisotopic (exact) mass is 362 g/mol. The van der Waals surface area contributed by atoms with Gasteiger partial charge in [-0.15, -0.1) is 0 Å². The molecule has 1 saturated carbocycles. The average molecular weight is 362 g/mol. The van der Waals surface area contributed by atoms with Crippen LogP contribution in [0, 0.1) is 0 Å². The summed E-state index contributed by atoms with van der Waals surface area (Å²) in [6.07, 6.45) is 5.74. The minimum Gasteiger partial charge on any atom is -0.493 e. The molecule has 1 aliphatic heterocycles. The van der Waals surface area contributed by atoms with Gasteiger partial charge in [-0.3, -0.25) is 4.79 Å². The van der Waals surface area contributed by atoms with Gasteiger partial charge in [-0.25, -0.2) is 0 Å². The molecular formula is C20H30N2O4. The highest BCUT2D eigenvalue weighted by molar-refractivity contribution is 5.82. The van der Waals surface area contributed by atoms with Crippen LogP contribution in [-0.2, 0) is 14.9 Å². The summed E-state index contributed by atoms with van der Waals surface area (Å²) in [5.41, 5.74) is 1.16. The van der Waals surface area contributed by atoms with Gasteiger partial charge in [0.15, 0.2) is 11.5 Å². The quantitative estimate of drug-likeness (QED) is 0.810. The Labute approximate surface area is 155 Å². The molecule has 0 bridgehead atoms. The van der Waals surface area contributed by atoms with Gasteiger partial charge in [0.2, 0.25) is 5.91 Å². The van der Waals surface area contributed by atoms with Crippen molar-refractivity contribution in [1.29, 1.82) is 0 Å². The summed E-state index contributed by atoms with van der Waals surface area (Å²) < 4.78 is 16.3. The van der Waals surface area contributed by atoms with Gasteiger partial charge >= 0.3 is 0 Å². The van der Waals surface area contributed by atoms with Crippen molar-refractivity contribution in [3.63, 3.8) is 0 Å². The van der Waals surface area contributed by atoms with Crippen LogP contribution in [0.15, 0.2) is 18.2 Å². The first-order chi connectivity index (χ1) is 12.7. The Kier molecular flexibility index (Phi) is 6.38. The smallest absolute Gasteiger partial charge is 0.239 e. The molecule has 1 aliphatic carbocycles. The van der Waals surface area contributed by atoms with E-state index < -0.39 is 0 Å². The largest absolute Gasteiger partial charge is 0.493 e. The van der Waals surface area contributed by atoms with Crippen LogP contribution in [0.25, 0.3) is 0 Å². The molecule has 1 aromatic rings. The zero-order valence-corrected chi connectivity index (χ0v) is 15.8. The number of amides is 1. The van der Waals surface area contributed by atoms with Gasteiger partial charge in [-0.05, 0) is 30.5 Å². The molecule has 1 heterocycles. The second kappa shape index (κ2) is 8.73. The average Bonchev–Trinajstić information content (AvgIpc) is 2.72. The first-order valence-electron chi connectivity index (χ1n) is 9.50. The third-order valence-corrected chi connectivity index (χ3v) is 5.65. The summed E-state index contributed by atoms with van der Waals surface area (Å²) in [5, 5.41) is 6.39. The molecule has 3 rings (SSSR count). The summed E-state index contributed by atoms with van der Waals surface area (Å²) >= 11 is 0. The Morgan fingerprint density at radius 3 is 2.65 bits per heavy atom. The summed E-state index contributed by atoms with van der Waals surface area (Å²) in [6, 6.07) is 5.89. The van der Waals surface area contributed by atoms with Crippen LogP contribution in [0.2, 0.25) is 0 Å². The lowest BCUT2D eigenvalue weighted by Gasteiger charge is -2.39. The maximum Gasteiger partial charge on any atom is 0.239 e. The number of hydrogen-bond donors (Lipinski definition) is 2. The normalized spacial score (nSPS) is 22.5. The van der Waals surface area contributed by atoms with Crippen molar-refractivity contribution in [3.8, 4) is 11.5 Å². The molecule has 0 spiro atoms. The third-order valence-electron chi connectivity index (χ3n) is 5.65. The third kappa shape index (κ3) is 4.13. The lowest BCUT2D eigenvalue weighted by molar-refractivity contribution is -0.126. The van der Waals surface area contributed by atoms with E-state index in [1.54, 1.807) is 14.2 Å². The Balaban J connectivity index is 1.77. The standard InChI is InChI=1S/C20H30N2O4/c1-24-17-7-6-15(12-18(17)25-2)20(8-4-3-5-9-20)14-22-19(23)16-13-26-11-10-21-16/h6-7,12,16,21H,3-5,8-11,13-14H2,1-2H3,(H,22,23). The Morgan fingerprint density at radius 1 is 1.23 bits per heavy atom. The van der Waals surface area contributed by atoms with Crippen molar-refractivity contribution >= 4 is 5.91 Å². The fourth-order valence-corrected chi connectivity index (χ4v) is 4.08. The van der Waals surface area contributed by atoms with E-state index in [1.807, 2.05) is 6.07 Å². The molecule has 1 saturated heterocycles. The number of carbonyl (C=O) groups excluding carboxylic acids is 1. The minimum atomic E-state index is -0.255. The second-order valence-corrected chi connectivity index (χ2v) is 7.21. The van der Waals surface area contributed by atoms with Gasteiger partial charge in [-0.2, -0.15) is 0 Å². The van der Waals surface area contributed by atoms with Crippen molar-refractivity contribution in [3.05, 3.63) is 23.8 Å². The number of rotatable bonds is 6. The molecule has 0 radical (unpaired) electrons. The predicted octanol–water partition coefficient (Wildman–Crippen LogP) is 2.01. The zero-order chi connectivity index (χ0) is 18.4. The number of benzene rings is 1. The number of carbonyl (C=O) groups is 1. The summed E-state index contributed by atoms with van der Waals surface area (Å²) in [7, 11) is 3.30. The van der Waals surface area contributed by atoms with Gasteiger partial charge in [0.25, 0.3) is 0 Å². The molecule has 0 aromatic heterocycles. The van der Waals surface area contributed by atoms with Crippen molar-refractivity contribution in [2.45, 2.75) is 43.6 Å². The molecule has 2 N–H and O–H groups in total. The number of nitrogens with one attached hydrogen (secondary N) is 2. The number of ether oxygens (including phenoxy) is 3. The minimum absolute atomic E-state index is 0.0233. The van der Waals surface area contributed by atoms with E-state index in [1.165, 1.54) is 24.8 Å². The lowest BCUT2D eigenvalue weighted by atomic mass is 9.69. The number of hydrogen-bond acceptors (Lipinski definition) is 5. The van der Waals surface area contributed by atoms with Crippen molar-refractivity contribution in [1.82, 2.24) is 10.6 Å². The maximum absolute atomic E-state index is 12.5. The van der Waals surface area contributed by atoms with Crippen LogP contribution in [0.1, 0.15) is 37.7 Å². The summed E-state index contributed by atoms with van der Waals surface area (Å²) in [6.45, 7) is 2.47. The van der Waals surface area contributed by atoms with Crippen molar-refractivity contribution in [2.75, 3.05) is 40.5 Å². The second-order valence-electron chi connectivity index (χ2n) is 7.21. The highest BCUT2D eigenvalue weighted by Crippen LogP contribution is 2.42. The van der Waals surface area contributed by atoms with Gasteiger partial charge in [0.05, 0.1) is 27.4 Å². The zero-order valence-electron chi connectivity index (χ0n) is 15.8. The molecule has 144 valence electrons. The maximum atomic E-state index is 12.5. The molecule has 1 unspecified atom stereocenters. The molecule has 2 fully saturated rings. The van der Waals surface area contributed by atoms with Crippen molar-refractivity contribution in [2.24, 2.45) is 0 Å². The van der Waals surface area contributed by atoms with Crippen LogP contribution in [-0.4, -0.2) is 52.5 Å². The van der Waals surface area contributed by atoms with E-state index in [2.05, 4.69) is 22.8 Å². The van der Waals surface area contributed by atoms with Gasteiger partial charge in [0, 0.05) is 18.5 Å². The van der Waals surface area contributed by atoms with Gasteiger partial charge in [-0.1, -0.05) is 25.3 Å². The number of morpholine rings is 1. The number of methoxy groups -OCH3 is 2. The SMILES string of the molecule is COc1ccc(C2(CNC(=O)C3COCCN3)CCCCC2)cc1OC. The van der Waals surface area contributed by atoms with Crippen LogP contribution in [0.4, 0.5) is 0 Å². The molecule has 1 amide bonds. The van der Waals surface area contributed by atoms with Gasteiger partial charge in [0.1, 0.15) is 6.04 Å². The van der Waals surface area contributed by atoms with E-state index in [0.717, 1.165) is 30.9 Å².